The van der Waals surface area contributed by atoms with Gasteiger partial charge in [-0.1, -0.05) is 12.1 Å². The van der Waals surface area contributed by atoms with E-state index >= 15 is 0 Å². The van der Waals surface area contributed by atoms with Crippen LogP contribution < -0.4 is 15.4 Å². The molecule has 34 heavy (non-hydrogen) atoms. The Morgan fingerprint density at radius 3 is 2.15 bits per heavy atom. The lowest BCUT2D eigenvalue weighted by atomic mass is 10.1. The van der Waals surface area contributed by atoms with Crippen LogP contribution in [0.4, 0.5) is 5.69 Å². The minimum atomic E-state index is -3.80. The number of nitrogens with zero attached hydrogens (tertiary/aromatic N) is 2. The summed E-state index contributed by atoms with van der Waals surface area (Å²) in [6.45, 7) is 2.95. The largest absolute Gasteiger partial charge is 0.379 e. The van der Waals surface area contributed by atoms with E-state index in [0.29, 0.717) is 24.5 Å². The van der Waals surface area contributed by atoms with Gasteiger partial charge in [0.25, 0.3) is 5.91 Å². The fraction of sp³-hybridized carbons (Fsp3) is 0.409. The Balaban J connectivity index is 1.58. The maximum Gasteiger partial charge on any atom is 0.253 e. The number of sulfonamides is 2. The topological polar surface area (TPSA) is 139 Å². The van der Waals surface area contributed by atoms with Crippen LogP contribution in [-0.4, -0.2) is 66.4 Å². The maximum absolute atomic E-state index is 13.2. The zero-order valence-corrected chi connectivity index (χ0v) is 20.3. The molecule has 0 aromatic heterocycles. The van der Waals surface area contributed by atoms with Gasteiger partial charge in [-0.3, -0.25) is 4.79 Å². The molecule has 2 fully saturated rings. The number of rotatable bonds is 7. The van der Waals surface area contributed by atoms with Gasteiger partial charge in [0, 0.05) is 38.4 Å². The number of carbonyl (C=O) groups excluding carboxylic acids is 1. The van der Waals surface area contributed by atoms with Crippen molar-refractivity contribution in [3.8, 4) is 0 Å². The quantitative estimate of drug-likeness (QED) is 0.566. The summed E-state index contributed by atoms with van der Waals surface area (Å²) in [6.07, 6.45) is 2.01. The molecular formula is C22H28N4O6S2. The maximum atomic E-state index is 13.2. The molecule has 2 aliphatic heterocycles. The van der Waals surface area contributed by atoms with Gasteiger partial charge in [0.15, 0.2) is 0 Å². The molecule has 12 heteroatoms. The van der Waals surface area contributed by atoms with E-state index in [1.807, 2.05) is 0 Å². The number of nitrogens with one attached hydrogen (secondary N) is 1. The molecule has 2 aromatic carbocycles. The molecule has 10 nitrogen and oxygen atoms in total. The van der Waals surface area contributed by atoms with Crippen LogP contribution in [0.15, 0.2) is 52.3 Å². The van der Waals surface area contributed by atoms with Gasteiger partial charge in [-0.25, -0.2) is 22.0 Å². The van der Waals surface area contributed by atoms with Gasteiger partial charge in [0.2, 0.25) is 20.0 Å². The zero-order valence-electron chi connectivity index (χ0n) is 18.6. The minimum Gasteiger partial charge on any atom is -0.379 e. The molecule has 0 atom stereocenters. The summed E-state index contributed by atoms with van der Waals surface area (Å²) in [7, 11) is -7.56. The number of hydrogen-bond donors (Lipinski definition) is 2. The van der Waals surface area contributed by atoms with Crippen molar-refractivity contribution in [2.24, 2.45) is 5.14 Å². The average Bonchev–Trinajstić information content (AvgIpc) is 3.37. The standard InChI is InChI=1S/C22H28N4O6S2/c23-33(28,29)18-5-3-17(4-6-18)16-24-22(27)20-15-19(7-8-21(20)25-9-1-2-10-25)34(30,31)26-11-13-32-14-12-26/h3-8,15H,1-2,9-14,16H2,(H,24,27)(H2,23,28,29). The molecule has 2 aliphatic rings. The predicted molar refractivity (Wildman–Crippen MR) is 126 cm³/mol. The third-order valence-corrected chi connectivity index (χ3v) is 8.80. The Kier molecular flexibility index (Phi) is 7.24. The van der Waals surface area contributed by atoms with Gasteiger partial charge >= 0.3 is 0 Å². The van der Waals surface area contributed by atoms with E-state index in [4.69, 9.17) is 9.88 Å². The summed E-state index contributed by atoms with van der Waals surface area (Å²) in [5, 5.41) is 7.94. The number of benzene rings is 2. The SMILES string of the molecule is NS(=O)(=O)c1ccc(CNC(=O)c2cc(S(=O)(=O)N3CCOCC3)ccc2N2CCCC2)cc1. The highest BCUT2D eigenvalue weighted by atomic mass is 32.2. The lowest BCUT2D eigenvalue weighted by Gasteiger charge is -2.27. The van der Waals surface area contributed by atoms with Crippen LogP contribution in [0.3, 0.4) is 0 Å². The van der Waals surface area contributed by atoms with Gasteiger partial charge < -0.3 is 15.0 Å². The van der Waals surface area contributed by atoms with Crippen LogP contribution in [-0.2, 0) is 31.3 Å². The molecule has 2 heterocycles. The molecule has 0 radical (unpaired) electrons. The average molecular weight is 509 g/mol. The Labute approximate surface area is 199 Å². The third-order valence-electron chi connectivity index (χ3n) is 5.97. The Morgan fingerprint density at radius 2 is 1.53 bits per heavy atom. The van der Waals surface area contributed by atoms with Crippen LogP contribution in [0.5, 0.6) is 0 Å². The van der Waals surface area contributed by atoms with Gasteiger partial charge in [-0.2, -0.15) is 4.31 Å². The van der Waals surface area contributed by atoms with Crippen LogP contribution >= 0.6 is 0 Å². The highest BCUT2D eigenvalue weighted by molar-refractivity contribution is 7.89. The van der Waals surface area contributed by atoms with Crippen LogP contribution in [0.1, 0.15) is 28.8 Å². The molecule has 0 bridgehead atoms. The summed E-state index contributed by atoms with van der Waals surface area (Å²) >= 11 is 0. The van der Waals surface area contributed by atoms with Crippen LogP contribution in [0.25, 0.3) is 0 Å². The van der Waals surface area contributed by atoms with Crippen LogP contribution in [0.2, 0.25) is 0 Å². The number of primary sulfonamides is 1. The molecule has 0 saturated carbocycles. The summed E-state index contributed by atoms with van der Waals surface area (Å²) in [6, 6.07) is 10.6. The van der Waals surface area contributed by atoms with Crippen molar-refractivity contribution < 1.29 is 26.4 Å². The molecule has 0 unspecified atom stereocenters. The van der Waals surface area contributed by atoms with Gasteiger partial charge in [-0.05, 0) is 48.7 Å². The number of hydrogen-bond acceptors (Lipinski definition) is 7. The van der Waals surface area contributed by atoms with Crippen molar-refractivity contribution in [2.75, 3.05) is 44.3 Å². The first-order valence-corrected chi connectivity index (χ1v) is 14.0. The summed E-state index contributed by atoms with van der Waals surface area (Å²) in [4.78, 5) is 15.3. The Hall–Kier alpha value is -2.51. The molecular weight excluding hydrogens is 480 g/mol. The summed E-state index contributed by atoms with van der Waals surface area (Å²) < 4.78 is 55.8. The molecule has 2 aromatic rings. The molecule has 4 rings (SSSR count). The fourth-order valence-corrected chi connectivity index (χ4v) is 6.05. The van der Waals surface area contributed by atoms with Crippen molar-refractivity contribution in [1.29, 1.82) is 0 Å². The smallest absolute Gasteiger partial charge is 0.253 e. The molecule has 3 N–H and O–H groups in total. The van der Waals surface area contributed by atoms with Gasteiger partial charge in [-0.15, -0.1) is 0 Å². The van der Waals surface area contributed by atoms with E-state index in [1.54, 1.807) is 24.3 Å². The number of anilines is 1. The fourth-order valence-electron chi connectivity index (χ4n) is 4.10. The van der Waals surface area contributed by atoms with Crippen molar-refractivity contribution in [1.82, 2.24) is 9.62 Å². The van der Waals surface area contributed by atoms with Crippen molar-refractivity contribution >= 4 is 31.6 Å². The molecule has 184 valence electrons. The number of carbonyl (C=O) groups is 1. The van der Waals surface area contributed by atoms with Gasteiger partial charge in [0.05, 0.1) is 28.6 Å². The third kappa shape index (κ3) is 5.41. The van der Waals surface area contributed by atoms with E-state index in [1.165, 1.54) is 22.5 Å². The Bertz CT molecular complexity index is 1250. The molecule has 2 saturated heterocycles. The van der Waals surface area contributed by atoms with E-state index in [0.717, 1.165) is 25.9 Å². The lowest BCUT2D eigenvalue weighted by molar-refractivity contribution is 0.0730. The summed E-state index contributed by atoms with van der Waals surface area (Å²) in [5.74, 6) is -0.406. The first kappa shape index (κ1) is 24.6. The van der Waals surface area contributed by atoms with Crippen molar-refractivity contribution in [3.63, 3.8) is 0 Å². The van der Waals surface area contributed by atoms with Crippen LogP contribution in [0, 0.1) is 0 Å². The molecule has 0 aliphatic carbocycles. The number of nitrogens with two attached hydrogens (primary N) is 1. The first-order valence-electron chi connectivity index (χ1n) is 11.0. The highest BCUT2D eigenvalue weighted by Gasteiger charge is 2.29. The lowest BCUT2D eigenvalue weighted by Crippen LogP contribution is -2.40. The van der Waals surface area contributed by atoms with E-state index < -0.39 is 26.0 Å². The second-order valence-corrected chi connectivity index (χ2v) is 11.8. The first-order chi connectivity index (χ1) is 16.2. The molecule has 0 spiro atoms. The second kappa shape index (κ2) is 10.0. The van der Waals surface area contributed by atoms with Gasteiger partial charge in [0.1, 0.15) is 0 Å². The predicted octanol–water partition coefficient (Wildman–Crippen LogP) is 0.885. The normalized spacial score (nSPS) is 17.6. The minimum absolute atomic E-state index is 0.0140. The molecule has 1 amide bonds. The Morgan fingerprint density at radius 1 is 0.912 bits per heavy atom. The summed E-state index contributed by atoms with van der Waals surface area (Å²) in [5.41, 5.74) is 1.67. The monoisotopic (exact) mass is 508 g/mol. The van der Waals surface area contributed by atoms with E-state index in [2.05, 4.69) is 10.2 Å². The number of amides is 1. The zero-order chi connectivity index (χ0) is 24.3. The van der Waals surface area contributed by atoms with E-state index in [-0.39, 0.29) is 35.0 Å². The number of ether oxygens (including phenoxy) is 1. The second-order valence-electron chi connectivity index (χ2n) is 8.26. The van der Waals surface area contributed by atoms with Crippen molar-refractivity contribution in [3.05, 3.63) is 53.6 Å². The van der Waals surface area contributed by atoms with E-state index in [9.17, 15) is 21.6 Å². The highest BCUT2D eigenvalue weighted by Crippen LogP contribution is 2.29. The van der Waals surface area contributed by atoms with Crippen molar-refractivity contribution in [2.45, 2.75) is 29.2 Å². The number of morpholine rings is 1.